The Morgan fingerprint density at radius 1 is 1.20 bits per heavy atom. The molecule has 0 aliphatic carbocycles. The molecule has 1 aliphatic rings. The van der Waals surface area contributed by atoms with E-state index in [1.165, 1.54) is 21.3 Å². The molecule has 0 saturated carbocycles. The fourth-order valence-corrected chi connectivity index (χ4v) is 2.15. The summed E-state index contributed by atoms with van der Waals surface area (Å²) >= 11 is 0. The summed E-state index contributed by atoms with van der Waals surface area (Å²) in [6, 6.07) is 3.30. The van der Waals surface area contributed by atoms with Crippen molar-refractivity contribution >= 4 is 11.8 Å². The standard InChI is InChI=1S/C14H16O6/c1-17-11-4-8-5-13(14(16)19-3)20-7-10(15)9(8)6-12(11)18-2/h4,6,13H,5,7H2,1-3H3. The summed E-state index contributed by atoms with van der Waals surface area (Å²) in [7, 11) is 4.30. The van der Waals surface area contributed by atoms with Crippen molar-refractivity contribution in [1.29, 1.82) is 0 Å². The molecule has 0 saturated heterocycles. The van der Waals surface area contributed by atoms with Gasteiger partial charge in [-0.15, -0.1) is 0 Å². The van der Waals surface area contributed by atoms with Crippen LogP contribution in [-0.2, 0) is 20.7 Å². The topological polar surface area (TPSA) is 71.1 Å². The van der Waals surface area contributed by atoms with Crippen molar-refractivity contribution in [2.45, 2.75) is 12.5 Å². The van der Waals surface area contributed by atoms with Gasteiger partial charge in [-0.2, -0.15) is 0 Å². The van der Waals surface area contributed by atoms with Gasteiger partial charge in [0.15, 0.2) is 23.4 Å². The van der Waals surface area contributed by atoms with E-state index in [4.69, 9.17) is 14.2 Å². The number of ether oxygens (including phenoxy) is 4. The molecule has 0 radical (unpaired) electrons. The molecular weight excluding hydrogens is 264 g/mol. The first-order valence-electron chi connectivity index (χ1n) is 6.08. The molecule has 2 rings (SSSR count). The van der Waals surface area contributed by atoms with E-state index in [-0.39, 0.29) is 18.8 Å². The zero-order chi connectivity index (χ0) is 14.7. The molecule has 0 spiro atoms. The van der Waals surface area contributed by atoms with E-state index in [0.29, 0.717) is 22.6 Å². The van der Waals surface area contributed by atoms with Crippen LogP contribution < -0.4 is 9.47 Å². The monoisotopic (exact) mass is 280 g/mol. The van der Waals surface area contributed by atoms with Gasteiger partial charge in [0, 0.05) is 12.0 Å². The number of methoxy groups -OCH3 is 3. The number of fused-ring (bicyclic) bond motifs is 1. The van der Waals surface area contributed by atoms with Crippen LogP contribution in [0.3, 0.4) is 0 Å². The van der Waals surface area contributed by atoms with Crippen LogP contribution in [0.4, 0.5) is 0 Å². The fourth-order valence-electron chi connectivity index (χ4n) is 2.15. The van der Waals surface area contributed by atoms with E-state index in [9.17, 15) is 9.59 Å². The molecule has 0 fully saturated rings. The number of esters is 1. The smallest absolute Gasteiger partial charge is 0.335 e. The fraction of sp³-hybridized carbons (Fsp3) is 0.429. The van der Waals surface area contributed by atoms with E-state index in [2.05, 4.69) is 4.74 Å². The first-order valence-corrected chi connectivity index (χ1v) is 6.08. The number of Topliss-reactive ketones (excluding diaryl/α,β-unsaturated/α-hetero) is 1. The summed E-state index contributed by atoms with van der Waals surface area (Å²) in [4.78, 5) is 23.7. The van der Waals surface area contributed by atoms with Gasteiger partial charge in [0.1, 0.15) is 6.61 Å². The van der Waals surface area contributed by atoms with Crippen LogP contribution in [0.1, 0.15) is 15.9 Å². The Morgan fingerprint density at radius 2 is 1.85 bits per heavy atom. The maximum absolute atomic E-state index is 12.1. The van der Waals surface area contributed by atoms with Crippen LogP contribution >= 0.6 is 0 Å². The van der Waals surface area contributed by atoms with E-state index in [1.807, 2.05) is 0 Å². The van der Waals surface area contributed by atoms with Crippen LogP contribution in [0.2, 0.25) is 0 Å². The zero-order valence-electron chi connectivity index (χ0n) is 11.6. The second-order valence-electron chi connectivity index (χ2n) is 4.31. The molecule has 1 aromatic carbocycles. The Kier molecular flexibility index (Phi) is 4.24. The lowest BCUT2D eigenvalue weighted by atomic mass is 9.99. The van der Waals surface area contributed by atoms with Gasteiger partial charge in [-0.25, -0.2) is 4.79 Å². The Morgan fingerprint density at radius 3 is 2.45 bits per heavy atom. The van der Waals surface area contributed by atoms with Gasteiger partial charge >= 0.3 is 5.97 Å². The van der Waals surface area contributed by atoms with Crippen LogP contribution in [0, 0.1) is 0 Å². The third-order valence-corrected chi connectivity index (χ3v) is 3.19. The molecule has 1 aromatic rings. The first kappa shape index (κ1) is 14.3. The molecule has 0 aromatic heterocycles. The Balaban J connectivity index is 2.45. The predicted octanol–water partition coefficient (Wildman–Crippen LogP) is 1.00. The second-order valence-corrected chi connectivity index (χ2v) is 4.31. The van der Waals surface area contributed by atoms with Crippen LogP contribution in [0.5, 0.6) is 11.5 Å². The number of carbonyl (C=O) groups is 2. The third kappa shape index (κ3) is 2.60. The van der Waals surface area contributed by atoms with Crippen LogP contribution in [-0.4, -0.2) is 45.8 Å². The minimum absolute atomic E-state index is 0.164. The minimum Gasteiger partial charge on any atom is -0.493 e. The molecular formula is C14H16O6. The molecule has 0 amide bonds. The summed E-state index contributed by atoms with van der Waals surface area (Å²) < 4.78 is 20.3. The van der Waals surface area contributed by atoms with Crippen molar-refractivity contribution < 1.29 is 28.5 Å². The molecule has 6 nitrogen and oxygen atoms in total. The summed E-state index contributed by atoms with van der Waals surface area (Å²) in [6.45, 7) is -0.164. The molecule has 6 heteroatoms. The maximum atomic E-state index is 12.1. The number of ketones is 1. The average molecular weight is 280 g/mol. The molecule has 1 unspecified atom stereocenters. The van der Waals surface area contributed by atoms with E-state index in [0.717, 1.165) is 0 Å². The zero-order valence-corrected chi connectivity index (χ0v) is 11.6. The molecule has 1 heterocycles. The van der Waals surface area contributed by atoms with Crippen molar-refractivity contribution in [2.24, 2.45) is 0 Å². The highest BCUT2D eigenvalue weighted by Gasteiger charge is 2.29. The van der Waals surface area contributed by atoms with Crippen molar-refractivity contribution in [3.63, 3.8) is 0 Å². The quantitative estimate of drug-likeness (QED) is 0.769. The number of hydrogen-bond acceptors (Lipinski definition) is 6. The van der Waals surface area contributed by atoms with E-state index < -0.39 is 12.1 Å². The summed E-state index contributed by atoms with van der Waals surface area (Å²) in [5.41, 5.74) is 1.16. The molecule has 20 heavy (non-hydrogen) atoms. The van der Waals surface area contributed by atoms with Crippen LogP contribution in [0.25, 0.3) is 0 Å². The predicted molar refractivity (Wildman–Crippen MR) is 69.3 cm³/mol. The van der Waals surface area contributed by atoms with Crippen molar-refractivity contribution in [2.75, 3.05) is 27.9 Å². The normalized spacial score (nSPS) is 17.9. The SMILES string of the molecule is COC(=O)C1Cc2cc(OC)c(OC)cc2C(=O)CO1. The average Bonchev–Trinajstić information content (AvgIpc) is 2.64. The number of hydrogen-bond donors (Lipinski definition) is 0. The third-order valence-electron chi connectivity index (χ3n) is 3.19. The Bertz CT molecular complexity index is 537. The highest BCUT2D eigenvalue weighted by molar-refractivity contribution is 6.00. The minimum atomic E-state index is -0.789. The maximum Gasteiger partial charge on any atom is 0.335 e. The summed E-state index contributed by atoms with van der Waals surface area (Å²) in [5, 5.41) is 0. The number of benzene rings is 1. The molecule has 108 valence electrons. The van der Waals surface area contributed by atoms with Gasteiger partial charge in [-0.05, 0) is 17.7 Å². The lowest BCUT2D eigenvalue weighted by Crippen LogP contribution is -2.27. The molecule has 1 aliphatic heterocycles. The van der Waals surface area contributed by atoms with Gasteiger partial charge < -0.3 is 18.9 Å². The second kappa shape index (κ2) is 5.92. The van der Waals surface area contributed by atoms with Crippen molar-refractivity contribution in [3.8, 4) is 11.5 Å². The largest absolute Gasteiger partial charge is 0.493 e. The lowest BCUT2D eigenvalue weighted by molar-refractivity contribution is -0.153. The van der Waals surface area contributed by atoms with Gasteiger partial charge in [0.2, 0.25) is 0 Å². The molecule has 0 N–H and O–H groups in total. The molecule has 0 bridgehead atoms. The summed E-state index contributed by atoms with van der Waals surface area (Å²) in [5.74, 6) is 0.272. The Hall–Kier alpha value is -2.08. The van der Waals surface area contributed by atoms with Gasteiger partial charge in [0.05, 0.1) is 21.3 Å². The highest BCUT2D eigenvalue weighted by atomic mass is 16.6. The Labute approximate surface area is 116 Å². The van der Waals surface area contributed by atoms with Crippen LogP contribution in [0.15, 0.2) is 12.1 Å². The summed E-state index contributed by atoms with van der Waals surface area (Å²) in [6.07, 6.45) is -0.531. The van der Waals surface area contributed by atoms with E-state index in [1.54, 1.807) is 12.1 Å². The number of rotatable bonds is 3. The molecule has 1 atom stereocenters. The first-order chi connectivity index (χ1) is 9.60. The van der Waals surface area contributed by atoms with E-state index >= 15 is 0 Å². The lowest BCUT2D eigenvalue weighted by Gasteiger charge is -2.14. The van der Waals surface area contributed by atoms with Gasteiger partial charge in [-0.1, -0.05) is 0 Å². The highest BCUT2D eigenvalue weighted by Crippen LogP contribution is 2.32. The van der Waals surface area contributed by atoms with Crippen molar-refractivity contribution in [1.82, 2.24) is 0 Å². The van der Waals surface area contributed by atoms with Crippen molar-refractivity contribution in [3.05, 3.63) is 23.3 Å². The van der Waals surface area contributed by atoms with Gasteiger partial charge in [-0.3, -0.25) is 4.79 Å². The van der Waals surface area contributed by atoms with Gasteiger partial charge in [0.25, 0.3) is 0 Å². The number of carbonyl (C=O) groups excluding carboxylic acids is 2.